The number of thiocarbonyl (C=S) groups is 1. The lowest BCUT2D eigenvalue weighted by Gasteiger charge is -2.30. The molecule has 0 amide bonds. The molecule has 5 heteroatoms. The fraction of sp³-hybridized carbons (Fsp3) is 0.923. The van der Waals surface area contributed by atoms with E-state index in [-0.39, 0.29) is 6.04 Å². The summed E-state index contributed by atoms with van der Waals surface area (Å²) in [5.41, 5.74) is 0. The number of likely N-dealkylation sites (tertiary alicyclic amines) is 1. The molecule has 1 rings (SSSR count). The highest BCUT2D eigenvalue weighted by molar-refractivity contribution is 7.80. The highest BCUT2D eigenvalue weighted by Gasteiger charge is 2.24. The van der Waals surface area contributed by atoms with Crippen LogP contribution < -0.4 is 5.32 Å². The summed E-state index contributed by atoms with van der Waals surface area (Å²) in [6, 6.07) is 0.910. The predicted octanol–water partition coefficient (Wildman–Crippen LogP) is 1.31. The van der Waals surface area contributed by atoms with Crippen LogP contribution in [0, 0.1) is 0 Å². The summed E-state index contributed by atoms with van der Waals surface area (Å²) in [4.78, 5) is 4.69. The summed E-state index contributed by atoms with van der Waals surface area (Å²) in [5, 5.41) is 4.12. The van der Waals surface area contributed by atoms with Crippen molar-refractivity contribution in [1.29, 1.82) is 0 Å². The Kier molecular flexibility index (Phi) is 6.89. The van der Waals surface area contributed by atoms with Crippen molar-refractivity contribution in [3.8, 4) is 0 Å². The lowest BCUT2D eigenvalue weighted by Crippen LogP contribution is -2.47. The molecule has 2 atom stereocenters. The lowest BCUT2D eigenvalue weighted by atomic mass is 10.2. The first-order chi connectivity index (χ1) is 8.58. The summed E-state index contributed by atoms with van der Waals surface area (Å²) >= 11 is 5.42. The highest BCUT2D eigenvalue weighted by atomic mass is 32.1. The second-order valence-corrected chi connectivity index (χ2v) is 5.50. The zero-order chi connectivity index (χ0) is 13.5. The van der Waals surface area contributed by atoms with Crippen LogP contribution in [0.15, 0.2) is 0 Å². The van der Waals surface area contributed by atoms with Gasteiger partial charge in [-0.3, -0.25) is 4.90 Å². The van der Waals surface area contributed by atoms with Gasteiger partial charge in [-0.1, -0.05) is 6.92 Å². The van der Waals surface area contributed by atoms with Gasteiger partial charge in [-0.25, -0.2) is 0 Å². The standard InChI is InChI=1S/C13H27N3OS/c1-5-16-8-6-7-12(16)9-15(3)13(18)14-11(2)10-17-4/h11-12H,5-10H2,1-4H3,(H,14,18). The van der Waals surface area contributed by atoms with Crippen LogP contribution in [0.3, 0.4) is 0 Å². The van der Waals surface area contributed by atoms with Crippen LogP contribution >= 0.6 is 12.2 Å². The molecule has 1 saturated heterocycles. The largest absolute Gasteiger partial charge is 0.383 e. The molecule has 1 fully saturated rings. The van der Waals surface area contributed by atoms with E-state index in [1.54, 1.807) is 7.11 Å². The first-order valence-corrected chi connectivity index (χ1v) is 7.23. The Labute approximate surface area is 117 Å². The average molecular weight is 273 g/mol. The molecule has 0 spiro atoms. The van der Waals surface area contributed by atoms with Gasteiger partial charge in [0, 0.05) is 32.8 Å². The van der Waals surface area contributed by atoms with Gasteiger partial charge >= 0.3 is 0 Å². The van der Waals surface area contributed by atoms with Crippen LogP contribution in [-0.2, 0) is 4.74 Å². The van der Waals surface area contributed by atoms with Crippen LogP contribution in [0.2, 0.25) is 0 Å². The van der Waals surface area contributed by atoms with E-state index in [0.717, 1.165) is 18.2 Å². The zero-order valence-corrected chi connectivity index (χ0v) is 12.9. The number of likely N-dealkylation sites (N-methyl/N-ethyl adjacent to an activating group) is 2. The molecular weight excluding hydrogens is 246 g/mol. The average Bonchev–Trinajstić information content (AvgIpc) is 2.76. The molecule has 0 radical (unpaired) electrons. The Morgan fingerprint density at radius 3 is 2.94 bits per heavy atom. The van der Waals surface area contributed by atoms with Crippen LogP contribution in [0.4, 0.5) is 0 Å². The van der Waals surface area contributed by atoms with E-state index in [1.165, 1.54) is 19.4 Å². The Balaban J connectivity index is 2.35. The Morgan fingerprint density at radius 2 is 2.33 bits per heavy atom. The number of ether oxygens (including phenoxy) is 1. The molecule has 0 saturated carbocycles. The van der Waals surface area contributed by atoms with Crippen molar-refractivity contribution in [3.63, 3.8) is 0 Å². The SMILES string of the molecule is CCN1CCCC1CN(C)C(=S)NC(C)COC. The van der Waals surface area contributed by atoms with Gasteiger partial charge in [-0.15, -0.1) is 0 Å². The Bertz CT molecular complexity index is 263. The third kappa shape index (κ3) is 4.71. The maximum absolute atomic E-state index is 5.42. The summed E-state index contributed by atoms with van der Waals surface area (Å²) in [7, 11) is 3.78. The fourth-order valence-corrected chi connectivity index (χ4v) is 2.81. The van der Waals surface area contributed by atoms with Crippen molar-refractivity contribution in [2.75, 3.05) is 40.4 Å². The predicted molar refractivity (Wildman–Crippen MR) is 80.0 cm³/mol. The van der Waals surface area contributed by atoms with Gasteiger partial charge in [0.05, 0.1) is 6.61 Å². The van der Waals surface area contributed by atoms with Gasteiger partial charge in [0.15, 0.2) is 5.11 Å². The third-order valence-corrected chi connectivity index (χ3v) is 3.95. The first kappa shape index (κ1) is 15.7. The summed E-state index contributed by atoms with van der Waals surface area (Å²) in [6.45, 7) is 8.37. The lowest BCUT2D eigenvalue weighted by molar-refractivity contribution is 0.177. The fourth-order valence-electron chi connectivity index (χ4n) is 2.53. The third-order valence-electron chi connectivity index (χ3n) is 3.52. The Morgan fingerprint density at radius 1 is 1.61 bits per heavy atom. The zero-order valence-electron chi connectivity index (χ0n) is 12.1. The van der Waals surface area contributed by atoms with E-state index in [1.807, 2.05) is 0 Å². The number of hydrogen-bond acceptors (Lipinski definition) is 3. The number of methoxy groups -OCH3 is 1. The van der Waals surface area contributed by atoms with Gasteiger partial charge in [-0.05, 0) is 45.1 Å². The second kappa shape index (κ2) is 7.92. The van der Waals surface area contributed by atoms with Crippen molar-refractivity contribution < 1.29 is 4.74 Å². The van der Waals surface area contributed by atoms with Gasteiger partial charge in [0.2, 0.25) is 0 Å². The maximum atomic E-state index is 5.42. The van der Waals surface area contributed by atoms with E-state index in [0.29, 0.717) is 12.6 Å². The first-order valence-electron chi connectivity index (χ1n) is 6.83. The number of nitrogens with zero attached hydrogens (tertiary/aromatic N) is 2. The normalized spacial score (nSPS) is 21.9. The van der Waals surface area contributed by atoms with E-state index >= 15 is 0 Å². The molecule has 0 bridgehead atoms. The molecule has 4 nitrogen and oxygen atoms in total. The van der Waals surface area contributed by atoms with Crippen LogP contribution in [0.1, 0.15) is 26.7 Å². The van der Waals surface area contributed by atoms with Gasteiger partial charge in [0.1, 0.15) is 0 Å². The van der Waals surface area contributed by atoms with Crippen molar-refractivity contribution in [2.24, 2.45) is 0 Å². The minimum absolute atomic E-state index is 0.260. The molecule has 1 heterocycles. The molecule has 1 N–H and O–H groups in total. The maximum Gasteiger partial charge on any atom is 0.169 e. The van der Waals surface area contributed by atoms with Crippen LogP contribution in [0.5, 0.6) is 0 Å². The molecule has 0 aromatic carbocycles. The molecule has 0 aromatic heterocycles. The molecular formula is C13H27N3OS. The molecule has 106 valence electrons. The summed E-state index contributed by atoms with van der Waals surface area (Å²) in [5.74, 6) is 0. The van der Waals surface area contributed by atoms with E-state index < -0.39 is 0 Å². The van der Waals surface area contributed by atoms with Crippen molar-refractivity contribution in [3.05, 3.63) is 0 Å². The topological polar surface area (TPSA) is 27.7 Å². The summed E-state index contributed by atoms with van der Waals surface area (Å²) in [6.07, 6.45) is 2.60. The van der Waals surface area contributed by atoms with Gasteiger partial charge in [0.25, 0.3) is 0 Å². The molecule has 0 aliphatic carbocycles. The van der Waals surface area contributed by atoms with E-state index in [9.17, 15) is 0 Å². The summed E-state index contributed by atoms with van der Waals surface area (Å²) < 4.78 is 5.10. The van der Waals surface area contributed by atoms with Gasteiger partial charge in [-0.2, -0.15) is 0 Å². The molecule has 2 unspecified atom stereocenters. The van der Waals surface area contributed by atoms with Crippen molar-refractivity contribution in [1.82, 2.24) is 15.1 Å². The number of nitrogens with one attached hydrogen (secondary N) is 1. The molecule has 1 aliphatic rings. The van der Waals surface area contributed by atoms with Crippen LogP contribution in [-0.4, -0.2) is 67.4 Å². The smallest absolute Gasteiger partial charge is 0.169 e. The number of rotatable bonds is 6. The van der Waals surface area contributed by atoms with Crippen molar-refractivity contribution in [2.45, 2.75) is 38.8 Å². The number of hydrogen-bond donors (Lipinski definition) is 1. The van der Waals surface area contributed by atoms with Crippen LogP contribution in [0.25, 0.3) is 0 Å². The molecule has 1 aliphatic heterocycles. The Hall–Kier alpha value is -0.390. The minimum atomic E-state index is 0.260. The monoisotopic (exact) mass is 273 g/mol. The van der Waals surface area contributed by atoms with Gasteiger partial charge < -0.3 is 15.0 Å². The van der Waals surface area contributed by atoms with E-state index in [4.69, 9.17) is 17.0 Å². The quantitative estimate of drug-likeness (QED) is 0.737. The second-order valence-electron chi connectivity index (χ2n) is 5.11. The highest BCUT2D eigenvalue weighted by Crippen LogP contribution is 2.17. The van der Waals surface area contributed by atoms with Crippen molar-refractivity contribution >= 4 is 17.3 Å². The van der Waals surface area contributed by atoms with E-state index in [2.05, 4.69) is 36.0 Å². The molecule has 18 heavy (non-hydrogen) atoms. The molecule has 0 aromatic rings. The minimum Gasteiger partial charge on any atom is -0.383 e.